The molecule has 82 valence electrons. The fraction of sp³-hybridized carbons (Fsp3) is 0.417. The summed E-state index contributed by atoms with van der Waals surface area (Å²) in [6, 6.07) is 3.56. The van der Waals surface area contributed by atoms with Crippen molar-refractivity contribution in [2.75, 3.05) is 6.61 Å². The van der Waals surface area contributed by atoms with Gasteiger partial charge in [-0.2, -0.15) is 0 Å². The SMILES string of the molecule is CCOC(=O)c1cc(C)c(Cl)c(CC)c1. The monoisotopic (exact) mass is 226 g/mol. The van der Waals surface area contributed by atoms with Crippen LogP contribution in [-0.2, 0) is 11.2 Å². The molecule has 0 saturated heterocycles. The molecule has 0 radical (unpaired) electrons. The number of hydrogen-bond acceptors (Lipinski definition) is 2. The molecule has 0 aliphatic rings. The van der Waals surface area contributed by atoms with Crippen LogP contribution in [-0.4, -0.2) is 12.6 Å². The Morgan fingerprint density at radius 1 is 1.40 bits per heavy atom. The molecule has 0 atom stereocenters. The number of carbonyl (C=O) groups is 1. The van der Waals surface area contributed by atoms with E-state index in [4.69, 9.17) is 16.3 Å². The summed E-state index contributed by atoms with van der Waals surface area (Å²) in [5.74, 6) is -0.285. The molecule has 0 saturated carbocycles. The van der Waals surface area contributed by atoms with Gasteiger partial charge in [-0.15, -0.1) is 0 Å². The third-order valence-corrected chi connectivity index (χ3v) is 2.76. The van der Waals surface area contributed by atoms with Gasteiger partial charge in [-0.1, -0.05) is 18.5 Å². The zero-order chi connectivity index (χ0) is 11.4. The minimum atomic E-state index is -0.285. The fourth-order valence-corrected chi connectivity index (χ4v) is 1.67. The highest BCUT2D eigenvalue weighted by atomic mass is 35.5. The van der Waals surface area contributed by atoms with Crippen LogP contribution < -0.4 is 0 Å². The maximum Gasteiger partial charge on any atom is 0.338 e. The predicted octanol–water partition coefficient (Wildman–Crippen LogP) is 3.39. The Labute approximate surface area is 95.2 Å². The third-order valence-electron chi connectivity index (χ3n) is 2.22. The number of aryl methyl sites for hydroxylation is 2. The quantitative estimate of drug-likeness (QED) is 0.739. The molecule has 0 aliphatic carbocycles. The van der Waals surface area contributed by atoms with E-state index in [1.165, 1.54) is 0 Å². The van der Waals surface area contributed by atoms with Crippen molar-refractivity contribution >= 4 is 17.6 Å². The lowest BCUT2D eigenvalue weighted by atomic mass is 10.0. The van der Waals surface area contributed by atoms with Gasteiger partial charge in [0.2, 0.25) is 0 Å². The molecule has 0 heterocycles. The molecule has 1 aromatic rings. The summed E-state index contributed by atoms with van der Waals surface area (Å²) < 4.78 is 4.94. The van der Waals surface area contributed by atoms with Crippen molar-refractivity contribution in [2.45, 2.75) is 27.2 Å². The first kappa shape index (κ1) is 12.1. The van der Waals surface area contributed by atoms with Gasteiger partial charge < -0.3 is 4.74 Å². The van der Waals surface area contributed by atoms with Gasteiger partial charge in [0.25, 0.3) is 0 Å². The zero-order valence-corrected chi connectivity index (χ0v) is 10.0. The highest BCUT2D eigenvalue weighted by Crippen LogP contribution is 2.23. The molecule has 0 aliphatic heterocycles. The van der Waals surface area contributed by atoms with Crippen LogP contribution in [0.1, 0.15) is 35.3 Å². The van der Waals surface area contributed by atoms with Crippen LogP contribution in [0.5, 0.6) is 0 Å². The van der Waals surface area contributed by atoms with Crippen LogP contribution >= 0.6 is 11.6 Å². The highest BCUT2D eigenvalue weighted by Gasteiger charge is 2.11. The van der Waals surface area contributed by atoms with E-state index in [2.05, 4.69) is 0 Å². The number of carbonyl (C=O) groups excluding carboxylic acids is 1. The molecular formula is C12H15ClO2. The largest absolute Gasteiger partial charge is 0.462 e. The van der Waals surface area contributed by atoms with E-state index in [-0.39, 0.29) is 5.97 Å². The first-order valence-electron chi connectivity index (χ1n) is 5.06. The van der Waals surface area contributed by atoms with Gasteiger partial charge in [-0.3, -0.25) is 0 Å². The standard InChI is InChI=1S/C12H15ClO2/c1-4-9-7-10(12(14)15-5-2)6-8(3)11(9)13/h6-7H,4-5H2,1-3H3. The van der Waals surface area contributed by atoms with Gasteiger partial charge in [0.1, 0.15) is 0 Å². The number of rotatable bonds is 3. The molecule has 1 rings (SSSR count). The second-order valence-electron chi connectivity index (χ2n) is 3.34. The van der Waals surface area contributed by atoms with Crippen LogP contribution in [0, 0.1) is 6.92 Å². The van der Waals surface area contributed by atoms with Gasteiger partial charge in [0.05, 0.1) is 12.2 Å². The minimum absolute atomic E-state index is 0.285. The van der Waals surface area contributed by atoms with Gasteiger partial charge in [-0.05, 0) is 43.5 Å². The molecule has 0 bridgehead atoms. The van der Waals surface area contributed by atoms with Crippen LogP contribution in [0.25, 0.3) is 0 Å². The summed E-state index contributed by atoms with van der Waals surface area (Å²) >= 11 is 6.09. The average molecular weight is 227 g/mol. The van der Waals surface area contributed by atoms with Crippen LogP contribution in [0.3, 0.4) is 0 Å². The summed E-state index contributed by atoms with van der Waals surface area (Å²) in [4.78, 5) is 11.5. The van der Waals surface area contributed by atoms with Crippen LogP contribution in [0.2, 0.25) is 5.02 Å². The molecular weight excluding hydrogens is 212 g/mol. The van der Waals surface area contributed by atoms with E-state index < -0.39 is 0 Å². The number of ether oxygens (including phenoxy) is 1. The lowest BCUT2D eigenvalue weighted by Crippen LogP contribution is -2.06. The second kappa shape index (κ2) is 5.17. The van der Waals surface area contributed by atoms with E-state index in [0.717, 1.165) is 22.6 Å². The third kappa shape index (κ3) is 2.72. The Hall–Kier alpha value is -1.02. The topological polar surface area (TPSA) is 26.3 Å². The van der Waals surface area contributed by atoms with Gasteiger partial charge in [-0.25, -0.2) is 4.79 Å². The molecule has 0 N–H and O–H groups in total. The van der Waals surface area contributed by atoms with Crippen molar-refractivity contribution in [2.24, 2.45) is 0 Å². The van der Waals surface area contributed by atoms with Crippen LogP contribution in [0.4, 0.5) is 0 Å². The Kier molecular flexibility index (Phi) is 4.15. The molecule has 3 heteroatoms. The predicted molar refractivity (Wildman–Crippen MR) is 61.5 cm³/mol. The molecule has 0 spiro atoms. The number of halogens is 1. The van der Waals surface area contributed by atoms with Gasteiger partial charge >= 0.3 is 5.97 Å². The molecule has 1 aromatic carbocycles. The van der Waals surface area contributed by atoms with Crippen molar-refractivity contribution in [1.29, 1.82) is 0 Å². The van der Waals surface area contributed by atoms with E-state index in [0.29, 0.717) is 12.2 Å². The van der Waals surface area contributed by atoms with Crippen molar-refractivity contribution in [1.82, 2.24) is 0 Å². The fourth-order valence-electron chi connectivity index (χ4n) is 1.43. The summed E-state index contributed by atoms with van der Waals surface area (Å²) in [5, 5.41) is 0.741. The van der Waals surface area contributed by atoms with Crippen LogP contribution in [0.15, 0.2) is 12.1 Å². The Balaban J connectivity index is 3.10. The Morgan fingerprint density at radius 2 is 2.07 bits per heavy atom. The lowest BCUT2D eigenvalue weighted by Gasteiger charge is -2.08. The lowest BCUT2D eigenvalue weighted by molar-refractivity contribution is 0.0526. The Bertz CT molecular complexity index is 372. The van der Waals surface area contributed by atoms with E-state index >= 15 is 0 Å². The molecule has 2 nitrogen and oxygen atoms in total. The maximum absolute atomic E-state index is 11.5. The van der Waals surface area contributed by atoms with E-state index in [1.54, 1.807) is 19.1 Å². The zero-order valence-electron chi connectivity index (χ0n) is 9.26. The maximum atomic E-state index is 11.5. The van der Waals surface area contributed by atoms with Crippen molar-refractivity contribution in [3.63, 3.8) is 0 Å². The highest BCUT2D eigenvalue weighted by molar-refractivity contribution is 6.32. The van der Waals surface area contributed by atoms with Crippen molar-refractivity contribution < 1.29 is 9.53 Å². The second-order valence-corrected chi connectivity index (χ2v) is 3.72. The molecule has 0 fully saturated rings. The smallest absolute Gasteiger partial charge is 0.338 e. The summed E-state index contributed by atoms with van der Waals surface area (Å²) in [5.41, 5.74) is 2.48. The molecule has 0 aromatic heterocycles. The normalized spacial score (nSPS) is 10.1. The van der Waals surface area contributed by atoms with Gasteiger partial charge in [0.15, 0.2) is 0 Å². The van der Waals surface area contributed by atoms with E-state index in [9.17, 15) is 4.79 Å². The molecule has 15 heavy (non-hydrogen) atoms. The Morgan fingerprint density at radius 3 is 2.60 bits per heavy atom. The summed E-state index contributed by atoms with van der Waals surface area (Å²) in [6.07, 6.45) is 0.812. The number of esters is 1. The van der Waals surface area contributed by atoms with Gasteiger partial charge in [0, 0.05) is 5.02 Å². The summed E-state index contributed by atoms with van der Waals surface area (Å²) in [6.45, 7) is 6.09. The molecule has 0 amide bonds. The van der Waals surface area contributed by atoms with Crippen molar-refractivity contribution in [3.05, 3.63) is 33.8 Å². The minimum Gasteiger partial charge on any atom is -0.462 e. The van der Waals surface area contributed by atoms with E-state index in [1.807, 2.05) is 13.8 Å². The summed E-state index contributed by atoms with van der Waals surface area (Å²) in [7, 11) is 0. The first-order valence-corrected chi connectivity index (χ1v) is 5.44. The number of hydrogen-bond donors (Lipinski definition) is 0. The number of benzene rings is 1. The molecule has 0 unspecified atom stereocenters. The first-order chi connectivity index (χ1) is 7.10. The average Bonchev–Trinajstić information content (AvgIpc) is 2.22. The van der Waals surface area contributed by atoms with Crippen molar-refractivity contribution in [3.8, 4) is 0 Å².